The minimum atomic E-state index is -1.76. The highest BCUT2D eigenvalue weighted by Gasteiger charge is 2.96. The number of hydrogen-bond donors (Lipinski definition) is 0. The molecule has 4 aromatic rings. The number of benzene rings is 4. The lowest BCUT2D eigenvalue weighted by Gasteiger charge is -2.58. The molecule has 2 saturated carbocycles. The number of rotatable bonds is 46. The van der Waals surface area contributed by atoms with Gasteiger partial charge >= 0.3 is 11.9 Å². The molecule has 0 radical (unpaired) electrons. The number of methoxy groups -OCH3 is 2. The van der Waals surface area contributed by atoms with E-state index in [-0.39, 0.29) is 64.7 Å². The minimum Gasteiger partial charge on any atom is -0.494 e. The largest absolute Gasteiger partial charge is 0.494 e. The van der Waals surface area contributed by atoms with Crippen molar-refractivity contribution in [3.05, 3.63) is 97.1 Å². The Morgan fingerprint density at radius 3 is 0.965 bits per heavy atom. The van der Waals surface area contributed by atoms with Crippen LogP contribution in [-0.4, -0.2) is 109 Å². The van der Waals surface area contributed by atoms with E-state index in [1.807, 2.05) is 97.1 Å². The Morgan fingerprint density at radius 1 is 0.384 bits per heavy atom. The first-order valence-corrected chi connectivity index (χ1v) is 32.4. The molecular weight excluding hydrogens is 1090 g/mol. The number of carbonyl (C=O) groups is 2. The van der Waals surface area contributed by atoms with Gasteiger partial charge in [0.2, 0.25) is 17.0 Å². The van der Waals surface area contributed by atoms with Crippen LogP contribution >= 0.6 is 0 Å². The van der Waals surface area contributed by atoms with Gasteiger partial charge in [-0.2, -0.15) is 20.5 Å². The quantitative estimate of drug-likeness (QED) is 0.0176. The number of esters is 2. The van der Waals surface area contributed by atoms with Gasteiger partial charge in [0, 0.05) is 26.1 Å². The molecule has 4 fully saturated rings. The van der Waals surface area contributed by atoms with E-state index in [0.29, 0.717) is 35.7 Å². The number of ether oxygens (including phenoxy) is 11. The van der Waals surface area contributed by atoms with Crippen molar-refractivity contribution in [1.82, 2.24) is 0 Å². The van der Waals surface area contributed by atoms with Crippen LogP contribution in [0.5, 0.6) is 23.0 Å². The van der Waals surface area contributed by atoms with Crippen molar-refractivity contribution < 1.29 is 61.7 Å². The van der Waals surface area contributed by atoms with Gasteiger partial charge in [-0.05, 0) is 123 Å². The van der Waals surface area contributed by atoms with Crippen molar-refractivity contribution >= 4 is 34.7 Å². The summed E-state index contributed by atoms with van der Waals surface area (Å²) >= 11 is 0. The fourth-order valence-electron chi connectivity index (χ4n) is 12.2. The number of unbranched alkanes of at least 4 members (excludes halogenated alkanes) is 18. The van der Waals surface area contributed by atoms with Crippen molar-refractivity contribution in [2.24, 2.45) is 32.3 Å². The molecule has 4 aromatic carbocycles. The molecule has 2 aliphatic carbocycles. The van der Waals surface area contributed by atoms with Gasteiger partial charge in [-0.25, -0.2) is 9.59 Å². The highest BCUT2D eigenvalue weighted by molar-refractivity contribution is 5.94. The van der Waals surface area contributed by atoms with Crippen LogP contribution in [0.25, 0.3) is 0 Å². The molecule has 472 valence electrons. The third kappa shape index (κ3) is 19.3. The summed E-state index contributed by atoms with van der Waals surface area (Å²) in [6.45, 7) is 7.14. The second-order valence-electron chi connectivity index (χ2n) is 22.7. The molecule has 0 aromatic heterocycles. The van der Waals surface area contributed by atoms with Gasteiger partial charge in [-0.1, -0.05) is 142 Å². The van der Waals surface area contributed by atoms with Gasteiger partial charge in [0.25, 0.3) is 0 Å². The fourth-order valence-corrected chi connectivity index (χ4v) is 12.2. The maximum Gasteiger partial charge on any atom is 0.344 e. The molecule has 2 aliphatic heterocycles. The predicted octanol–water partition coefficient (Wildman–Crippen LogP) is 17.0. The lowest BCUT2D eigenvalue weighted by atomic mass is 9.76. The first-order chi connectivity index (χ1) is 42.3. The zero-order chi connectivity index (χ0) is 60.4. The average molecular weight is 1190 g/mol. The molecule has 4 atom stereocenters. The van der Waals surface area contributed by atoms with E-state index in [0.717, 1.165) is 61.8 Å². The molecule has 17 heteroatoms. The molecule has 0 spiro atoms. The smallest absolute Gasteiger partial charge is 0.344 e. The lowest BCUT2D eigenvalue weighted by molar-refractivity contribution is -0.446. The van der Waals surface area contributed by atoms with Crippen molar-refractivity contribution in [3.63, 3.8) is 0 Å². The van der Waals surface area contributed by atoms with Crippen LogP contribution in [0.1, 0.15) is 168 Å². The van der Waals surface area contributed by atoms with Gasteiger partial charge in [0.1, 0.15) is 49.4 Å². The Kier molecular flexibility index (Phi) is 29.6. The predicted molar refractivity (Wildman–Crippen MR) is 332 cm³/mol. The number of carbonyl (C=O) groups excluding carboxylic acids is 2. The Labute approximate surface area is 511 Å². The molecule has 2 heterocycles. The Morgan fingerprint density at radius 2 is 0.663 bits per heavy atom. The van der Waals surface area contributed by atoms with E-state index >= 15 is 0 Å². The average Bonchev–Trinajstić information content (AvgIpc) is 1.44. The number of azo groups is 2. The van der Waals surface area contributed by atoms with Crippen LogP contribution in [0, 0.1) is 11.8 Å². The van der Waals surface area contributed by atoms with E-state index in [1.165, 1.54) is 130 Å². The molecule has 0 amide bonds. The lowest BCUT2D eigenvalue weighted by Crippen LogP contribution is -2.84. The zero-order valence-corrected chi connectivity index (χ0v) is 52.0. The molecule has 0 N–H and O–H groups in total. The standard InChI is InChI=1S/C69H98N4O13/c1-5-7-9-11-13-15-17-19-21-25-45-80-59-37-29-55(30-38-59)70-72-57-33-41-61(42-34-57)82-51-47-78-49-53-84-65(74)67-63-27-23-24-28-64(63)68(86-67,69(67,76-3)77-4)66(75)85-54-50-79-48-52-83-62-43-35-58(36-44-62)73-71-56-31-39-60(40-32-56)81-46-26-22-20-18-16-14-12-10-8-6-2/h29-44,63-64H,5-28,45-54H2,1-4H3/t63?,64?,67-,68+. The molecule has 17 nitrogen and oxygen atoms in total. The van der Waals surface area contributed by atoms with Crippen molar-refractivity contribution in [3.8, 4) is 23.0 Å². The number of hydrogen-bond acceptors (Lipinski definition) is 17. The van der Waals surface area contributed by atoms with Crippen molar-refractivity contribution in [1.29, 1.82) is 0 Å². The minimum absolute atomic E-state index is 0.0543. The van der Waals surface area contributed by atoms with Gasteiger partial charge in [-0.3, -0.25) is 0 Å². The van der Waals surface area contributed by atoms with Crippen LogP contribution < -0.4 is 18.9 Å². The topological polar surface area (TPSA) is 185 Å². The Balaban J connectivity index is 0.737. The third-order valence-corrected chi connectivity index (χ3v) is 16.6. The van der Waals surface area contributed by atoms with Crippen LogP contribution in [0.3, 0.4) is 0 Å². The van der Waals surface area contributed by atoms with Gasteiger partial charge < -0.3 is 52.1 Å². The molecule has 86 heavy (non-hydrogen) atoms. The summed E-state index contributed by atoms with van der Waals surface area (Å²) in [4.78, 5) is 28.3. The molecule has 4 aliphatic rings. The Bertz CT molecular complexity index is 2410. The highest BCUT2D eigenvalue weighted by atomic mass is 16.8. The van der Waals surface area contributed by atoms with Gasteiger partial charge in [0.05, 0.1) is 62.4 Å². The normalized spacial score (nSPS) is 19.3. The molecule has 2 saturated heterocycles. The maximum atomic E-state index is 14.1. The zero-order valence-electron chi connectivity index (χ0n) is 52.0. The Hall–Kier alpha value is -5.98. The van der Waals surface area contributed by atoms with E-state index in [9.17, 15) is 9.59 Å². The van der Waals surface area contributed by atoms with Crippen LogP contribution in [0.2, 0.25) is 0 Å². The monoisotopic (exact) mass is 1190 g/mol. The summed E-state index contributed by atoms with van der Waals surface area (Å²) < 4.78 is 65.3. The summed E-state index contributed by atoms with van der Waals surface area (Å²) in [6, 6.07) is 30.0. The summed E-state index contributed by atoms with van der Waals surface area (Å²) in [5.74, 6) is -0.888. The van der Waals surface area contributed by atoms with E-state index in [4.69, 9.17) is 52.1 Å². The van der Waals surface area contributed by atoms with Crippen LogP contribution in [-0.2, 0) is 42.7 Å². The first kappa shape index (κ1) is 67.5. The maximum absolute atomic E-state index is 14.1. The molecular formula is C69H98N4O13. The van der Waals surface area contributed by atoms with Gasteiger partial charge in [0.15, 0.2) is 0 Å². The van der Waals surface area contributed by atoms with Crippen molar-refractivity contribution in [2.45, 2.75) is 185 Å². The van der Waals surface area contributed by atoms with Crippen LogP contribution in [0.4, 0.5) is 22.7 Å². The summed E-state index contributed by atoms with van der Waals surface area (Å²) in [7, 11) is 2.83. The molecule has 8 rings (SSSR count). The van der Waals surface area contributed by atoms with Crippen LogP contribution in [0.15, 0.2) is 118 Å². The second-order valence-corrected chi connectivity index (χ2v) is 22.7. The second kappa shape index (κ2) is 37.7. The SMILES string of the molecule is CCCCCCCCCCCCOc1ccc(N=Nc2ccc(OCCOCCOC(=O)[C@@]34O[C@@](C(=O)OCCOCCOc5ccc(N=Nc6ccc(OCCCCCCCCCCCC)cc6)cc5)(C5CCCCC53)C4(OC)OC)cc2)cc1. The summed E-state index contributed by atoms with van der Waals surface area (Å²) in [6.07, 6.45) is 28.9. The van der Waals surface area contributed by atoms with Gasteiger partial charge in [-0.15, -0.1) is 0 Å². The first-order valence-electron chi connectivity index (χ1n) is 32.4. The summed E-state index contributed by atoms with van der Waals surface area (Å²) in [5.41, 5.74) is -0.474. The summed E-state index contributed by atoms with van der Waals surface area (Å²) in [5, 5.41) is 17.5. The van der Waals surface area contributed by atoms with E-state index < -0.39 is 28.9 Å². The molecule has 2 bridgehead atoms. The van der Waals surface area contributed by atoms with E-state index in [1.54, 1.807) is 0 Å². The fraction of sp³-hybridized carbons (Fsp3) is 0.623. The highest BCUT2D eigenvalue weighted by Crippen LogP contribution is 2.73. The third-order valence-electron chi connectivity index (χ3n) is 16.6. The van der Waals surface area contributed by atoms with Crippen molar-refractivity contribution in [2.75, 3.05) is 80.3 Å². The van der Waals surface area contributed by atoms with E-state index in [2.05, 4.69) is 34.3 Å². The molecule has 2 unspecified atom stereocenters. The number of nitrogens with zero attached hydrogens (tertiary/aromatic N) is 4.